The number of hydrogen-bond donors (Lipinski definition) is 0. The molecule has 4 rings (SSSR count). The van der Waals surface area contributed by atoms with Crippen LogP contribution in [-0.2, 0) is 0 Å². The Hall–Kier alpha value is -3.15. The van der Waals surface area contributed by atoms with Gasteiger partial charge < -0.3 is 14.2 Å². The number of benzene rings is 2. The zero-order chi connectivity index (χ0) is 18.8. The zero-order valence-electron chi connectivity index (χ0n) is 15.5. The maximum Gasteiger partial charge on any atom is 0.253 e. The van der Waals surface area contributed by atoms with E-state index in [1.807, 2.05) is 78.5 Å². The molecule has 1 atom stereocenters. The van der Waals surface area contributed by atoms with Crippen LogP contribution in [0, 0.1) is 0 Å². The van der Waals surface area contributed by atoms with E-state index in [2.05, 4.69) is 10.2 Å². The second kappa shape index (κ2) is 7.23. The second-order valence-electron chi connectivity index (χ2n) is 6.99. The Kier molecular flexibility index (Phi) is 4.62. The maximum absolute atomic E-state index is 12.6. The van der Waals surface area contributed by atoms with Gasteiger partial charge in [-0.25, -0.2) is 0 Å². The zero-order valence-corrected chi connectivity index (χ0v) is 15.5. The summed E-state index contributed by atoms with van der Waals surface area (Å²) in [5.74, 6) is 1.25. The molecule has 1 aliphatic rings. The van der Waals surface area contributed by atoms with Gasteiger partial charge in [0, 0.05) is 44.0 Å². The summed E-state index contributed by atoms with van der Waals surface area (Å²) < 4.78 is 5.91. The summed E-state index contributed by atoms with van der Waals surface area (Å²) >= 11 is 0. The largest absolute Gasteiger partial charge is 0.420 e. The van der Waals surface area contributed by atoms with E-state index in [1.165, 1.54) is 0 Å². The van der Waals surface area contributed by atoms with Crippen LogP contribution in [0.1, 0.15) is 28.6 Å². The SMILES string of the molecule is CN(C)c1ccc(-c2nnc(C3CCN(C(=O)c4ccccc4)C3)o2)cc1. The predicted octanol–water partition coefficient (Wildman–Crippen LogP) is 3.43. The van der Waals surface area contributed by atoms with Gasteiger partial charge in [-0.1, -0.05) is 18.2 Å². The molecule has 0 aliphatic carbocycles. The van der Waals surface area contributed by atoms with Crippen molar-refractivity contribution in [1.29, 1.82) is 0 Å². The van der Waals surface area contributed by atoms with Crippen molar-refractivity contribution in [2.45, 2.75) is 12.3 Å². The molecule has 0 spiro atoms. The van der Waals surface area contributed by atoms with Gasteiger partial charge in [0.2, 0.25) is 11.8 Å². The minimum atomic E-state index is 0.0529. The van der Waals surface area contributed by atoms with Crippen LogP contribution in [0.4, 0.5) is 5.69 Å². The Morgan fingerprint density at radius 2 is 1.81 bits per heavy atom. The fourth-order valence-electron chi connectivity index (χ4n) is 3.33. The Morgan fingerprint density at radius 3 is 2.52 bits per heavy atom. The molecule has 1 saturated heterocycles. The lowest BCUT2D eigenvalue weighted by molar-refractivity contribution is 0.0790. The molecular formula is C21H22N4O2. The number of amides is 1. The van der Waals surface area contributed by atoms with Gasteiger partial charge in [0.15, 0.2) is 0 Å². The third-order valence-electron chi connectivity index (χ3n) is 4.92. The lowest BCUT2D eigenvalue weighted by Gasteiger charge is -2.15. The third-order valence-corrected chi connectivity index (χ3v) is 4.92. The van der Waals surface area contributed by atoms with Gasteiger partial charge in [0.05, 0.1) is 5.92 Å². The van der Waals surface area contributed by atoms with Gasteiger partial charge in [-0.2, -0.15) is 0 Å². The summed E-state index contributed by atoms with van der Waals surface area (Å²) in [4.78, 5) is 16.5. The molecule has 1 aromatic heterocycles. The summed E-state index contributed by atoms with van der Waals surface area (Å²) in [6.45, 7) is 1.31. The standard InChI is InChI=1S/C21H22N4O2/c1-24(2)18-10-8-15(9-11-18)19-22-23-20(27-19)17-12-13-25(14-17)21(26)16-6-4-3-5-7-16/h3-11,17H,12-14H2,1-2H3. The highest BCUT2D eigenvalue weighted by Gasteiger charge is 2.31. The number of rotatable bonds is 4. The monoisotopic (exact) mass is 362 g/mol. The van der Waals surface area contributed by atoms with Crippen LogP contribution in [0.25, 0.3) is 11.5 Å². The minimum Gasteiger partial charge on any atom is -0.420 e. The van der Waals surface area contributed by atoms with E-state index < -0.39 is 0 Å². The van der Waals surface area contributed by atoms with Crippen molar-refractivity contribution in [3.63, 3.8) is 0 Å². The van der Waals surface area contributed by atoms with Crippen molar-refractivity contribution in [3.05, 3.63) is 66.1 Å². The Morgan fingerprint density at radius 1 is 1.07 bits per heavy atom. The van der Waals surface area contributed by atoms with Crippen LogP contribution < -0.4 is 4.90 Å². The van der Waals surface area contributed by atoms with Gasteiger partial charge in [-0.3, -0.25) is 4.79 Å². The molecule has 3 aromatic rings. The van der Waals surface area contributed by atoms with Crippen LogP contribution in [0.15, 0.2) is 59.0 Å². The summed E-state index contributed by atoms with van der Waals surface area (Å²) in [5, 5.41) is 8.43. The van der Waals surface area contributed by atoms with Gasteiger partial charge in [0.25, 0.3) is 5.91 Å². The Labute approximate surface area is 158 Å². The van der Waals surface area contributed by atoms with E-state index in [9.17, 15) is 4.79 Å². The van der Waals surface area contributed by atoms with E-state index in [-0.39, 0.29) is 11.8 Å². The summed E-state index contributed by atoms with van der Waals surface area (Å²) in [7, 11) is 4.00. The van der Waals surface area contributed by atoms with E-state index in [0.29, 0.717) is 30.4 Å². The third kappa shape index (κ3) is 3.56. The first kappa shape index (κ1) is 17.3. The second-order valence-corrected chi connectivity index (χ2v) is 6.99. The van der Waals surface area contributed by atoms with E-state index in [0.717, 1.165) is 17.7 Å². The van der Waals surface area contributed by atoms with Crippen molar-refractivity contribution in [1.82, 2.24) is 15.1 Å². The molecule has 1 unspecified atom stereocenters. The molecular weight excluding hydrogens is 340 g/mol. The molecule has 0 saturated carbocycles. The van der Waals surface area contributed by atoms with E-state index >= 15 is 0 Å². The van der Waals surface area contributed by atoms with Crippen LogP contribution >= 0.6 is 0 Å². The average molecular weight is 362 g/mol. The molecule has 1 fully saturated rings. The number of carbonyl (C=O) groups is 1. The number of anilines is 1. The van der Waals surface area contributed by atoms with Crippen molar-refractivity contribution in [2.75, 3.05) is 32.1 Å². The van der Waals surface area contributed by atoms with Crippen molar-refractivity contribution < 1.29 is 9.21 Å². The molecule has 6 heteroatoms. The number of likely N-dealkylation sites (tertiary alicyclic amines) is 1. The first-order valence-electron chi connectivity index (χ1n) is 9.07. The normalized spacial score (nSPS) is 16.5. The first-order valence-corrected chi connectivity index (χ1v) is 9.07. The molecule has 1 amide bonds. The number of carbonyl (C=O) groups excluding carboxylic acids is 1. The molecule has 0 radical (unpaired) electrons. The van der Waals surface area contributed by atoms with Crippen molar-refractivity contribution >= 4 is 11.6 Å². The van der Waals surface area contributed by atoms with Crippen LogP contribution in [0.2, 0.25) is 0 Å². The first-order chi connectivity index (χ1) is 13.1. The molecule has 2 aromatic carbocycles. The highest BCUT2D eigenvalue weighted by molar-refractivity contribution is 5.94. The highest BCUT2D eigenvalue weighted by Crippen LogP contribution is 2.30. The smallest absolute Gasteiger partial charge is 0.253 e. The fourth-order valence-corrected chi connectivity index (χ4v) is 3.33. The van der Waals surface area contributed by atoms with Crippen molar-refractivity contribution in [2.24, 2.45) is 0 Å². The highest BCUT2D eigenvalue weighted by atomic mass is 16.4. The summed E-state index contributed by atoms with van der Waals surface area (Å²) in [6, 6.07) is 17.4. The molecule has 27 heavy (non-hydrogen) atoms. The lowest BCUT2D eigenvalue weighted by atomic mass is 10.1. The molecule has 2 heterocycles. The molecule has 138 valence electrons. The van der Waals surface area contributed by atoms with Crippen LogP contribution in [0.5, 0.6) is 0 Å². The molecule has 6 nitrogen and oxygen atoms in total. The molecule has 1 aliphatic heterocycles. The van der Waals surface area contributed by atoms with Crippen LogP contribution in [0.3, 0.4) is 0 Å². The van der Waals surface area contributed by atoms with E-state index in [1.54, 1.807) is 0 Å². The number of hydrogen-bond acceptors (Lipinski definition) is 5. The van der Waals surface area contributed by atoms with E-state index in [4.69, 9.17) is 4.42 Å². The quantitative estimate of drug-likeness (QED) is 0.711. The maximum atomic E-state index is 12.6. The van der Waals surface area contributed by atoms with Crippen LogP contribution in [-0.4, -0.2) is 48.2 Å². The predicted molar refractivity (Wildman–Crippen MR) is 104 cm³/mol. The fraction of sp³-hybridized carbons (Fsp3) is 0.286. The lowest BCUT2D eigenvalue weighted by Crippen LogP contribution is -2.28. The number of nitrogens with zero attached hydrogens (tertiary/aromatic N) is 4. The van der Waals surface area contributed by atoms with Crippen molar-refractivity contribution in [3.8, 4) is 11.5 Å². The van der Waals surface area contributed by atoms with Gasteiger partial charge in [-0.05, 0) is 42.8 Å². The minimum absolute atomic E-state index is 0.0529. The molecule has 0 N–H and O–H groups in total. The summed E-state index contributed by atoms with van der Waals surface area (Å²) in [5.41, 5.74) is 2.73. The molecule has 0 bridgehead atoms. The topological polar surface area (TPSA) is 62.5 Å². The Bertz CT molecular complexity index is 919. The van der Waals surface area contributed by atoms with Gasteiger partial charge in [-0.15, -0.1) is 10.2 Å². The Balaban J connectivity index is 1.45. The van der Waals surface area contributed by atoms with Gasteiger partial charge >= 0.3 is 0 Å². The van der Waals surface area contributed by atoms with Gasteiger partial charge in [0.1, 0.15) is 0 Å². The number of aromatic nitrogens is 2. The summed E-state index contributed by atoms with van der Waals surface area (Å²) in [6.07, 6.45) is 0.833. The average Bonchev–Trinajstić information content (AvgIpc) is 3.38.